The number of ether oxygens (including phenoxy) is 2. The summed E-state index contributed by atoms with van der Waals surface area (Å²) in [5.41, 5.74) is 1.27. The second-order valence-electron chi connectivity index (χ2n) is 6.39. The second kappa shape index (κ2) is 8.44. The largest absolute Gasteiger partial charge is 0.490 e. The summed E-state index contributed by atoms with van der Waals surface area (Å²) < 4.78 is 11.2. The summed E-state index contributed by atoms with van der Waals surface area (Å²) in [5.74, 6) is 1.03. The van der Waals surface area contributed by atoms with Crippen LogP contribution in [0.15, 0.2) is 48.5 Å². The molecule has 0 radical (unpaired) electrons. The maximum atomic E-state index is 12.5. The molecule has 0 spiro atoms. The van der Waals surface area contributed by atoms with Crippen molar-refractivity contribution < 1.29 is 19.1 Å². The van der Waals surface area contributed by atoms with E-state index in [4.69, 9.17) is 9.47 Å². The van der Waals surface area contributed by atoms with Crippen molar-refractivity contribution in [2.45, 2.75) is 12.5 Å². The van der Waals surface area contributed by atoms with Crippen molar-refractivity contribution in [3.8, 4) is 11.5 Å². The van der Waals surface area contributed by atoms with Gasteiger partial charge in [-0.05, 0) is 17.7 Å². The molecule has 0 saturated heterocycles. The molecule has 0 aromatic heterocycles. The van der Waals surface area contributed by atoms with Crippen LogP contribution in [0.4, 0.5) is 10.5 Å². The Labute approximate surface area is 158 Å². The van der Waals surface area contributed by atoms with Gasteiger partial charge in [0.2, 0.25) is 5.91 Å². The van der Waals surface area contributed by atoms with E-state index in [9.17, 15) is 9.59 Å². The van der Waals surface area contributed by atoms with Gasteiger partial charge in [-0.3, -0.25) is 4.79 Å². The molecule has 7 nitrogen and oxygen atoms in total. The minimum atomic E-state index is -0.776. The first kappa shape index (κ1) is 18.6. The van der Waals surface area contributed by atoms with Gasteiger partial charge in [0.25, 0.3) is 0 Å². The summed E-state index contributed by atoms with van der Waals surface area (Å²) in [7, 11) is 3.31. The molecule has 3 rings (SSSR count). The van der Waals surface area contributed by atoms with Crippen LogP contribution in [0.25, 0.3) is 0 Å². The minimum absolute atomic E-state index is 0.213. The van der Waals surface area contributed by atoms with E-state index in [1.54, 1.807) is 44.4 Å². The van der Waals surface area contributed by atoms with E-state index in [0.717, 1.165) is 6.42 Å². The number of urea groups is 1. The molecule has 0 bridgehead atoms. The van der Waals surface area contributed by atoms with Crippen LogP contribution in [0.5, 0.6) is 11.5 Å². The summed E-state index contributed by atoms with van der Waals surface area (Å²) in [6.07, 6.45) is 0.809. The molecule has 0 aliphatic carbocycles. The van der Waals surface area contributed by atoms with Crippen molar-refractivity contribution in [1.29, 1.82) is 0 Å². The third-order valence-corrected chi connectivity index (χ3v) is 4.10. The molecule has 1 atom stereocenters. The molecule has 142 valence electrons. The van der Waals surface area contributed by atoms with Crippen LogP contribution < -0.4 is 20.1 Å². The minimum Gasteiger partial charge on any atom is -0.490 e. The fraction of sp³-hybridized carbons (Fsp3) is 0.300. The lowest BCUT2D eigenvalue weighted by molar-refractivity contribution is -0.130. The predicted octanol–water partition coefficient (Wildman–Crippen LogP) is 2.80. The number of benzene rings is 2. The Kier molecular flexibility index (Phi) is 5.80. The van der Waals surface area contributed by atoms with Gasteiger partial charge in [0.05, 0.1) is 13.2 Å². The van der Waals surface area contributed by atoms with E-state index >= 15 is 0 Å². The van der Waals surface area contributed by atoms with Gasteiger partial charge in [-0.25, -0.2) is 4.79 Å². The third kappa shape index (κ3) is 4.69. The second-order valence-corrected chi connectivity index (χ2v) is 6.39. The zero-order valence-corrected chi connectivity index (χ0v) is 15.4. The van der Waals surface area contributed by atoms with E-state index < -0.39 is 12.1 Å². The highest BCUT2D eigenvalue weighted by Crippen LogP contribution is 2.32. The summed E-state index contributed by atoms with van der Waals surface area (Å²) >= 11 is 0. The number of nitrogens with one attached hydrogen (secondary N) is 2. The Bertz CT molecular complexity index is 808. The fourth-order valence-electron chi connectivity index (χ4n) is 2.73. The van der Waals surface area contributed by atoms with Gasteiger partial charge in [0.15, 0.2) is 11.5 Å². The maximum Gasteiger partial charge on any atom is 0.320 e. The zero-order valence-electron chi connectivity index (χ0n) is 15.4. The monoisotopic (exact) mass is 369 g/mol. The summed E-state index contributed by atoms with van der Waals surface area (Å²) in [6, 6.07) is 13.1. The lowest BCUT2D eigenvalue weighted by Crippen LogP contribution is -2.41. The molecule has 1 unspecified atom stereocenters. The first-order valence-corrected chi connectivity index (χ1v) is 8.78. The molecule has 7 heteroatoms. The van der Waals surface area contributed by atoms with Crippen LogP contribution in [-0.2, 0) is 4.79 Å². The van der Waals surface area contributed by atoms with Crippen molar-refractivity contribution in [2.24, 2.45) is 0 Å². The molecule has 3 amide bonds. The number of anilines is 1. The number of carbonyl (C=O) groups excluding carboxylic acids is 2. The van der Waals surface area contributed by atoms with Crippen molar-refractivity contribution in [2.75, 3.05) is 32.6 Å². The Morgan fingerprint density at radius 3 is 2.41 bits per heavy atom. The molecule has 2 aromatic carbocycles. The van der Waals surface area contributed by atoms with Gasteiger partial charge in [-0.1, -0.05) is 30.3 Å². The molecule has 0 saturated carbocycles. The molecular weight excluding hydrogens is 346 g/mol. The highest BCUT2D eigenvalue weighted by atomic mass is 16.5. The van der Waals surface area contributed by atoms with Crippen LogP contribution in [0.1, 0.15) is 18.0 Å². The van der Waals surface area contributed by atoms with Gasteiger partial charge in [0, 0.05) is 32.3 Å². The predicted molar refractivity (Wildman–Crippen MR) is 102 cm³/mol. The van der Waals surface area contributed by atoms with E-state index in [0.29, 0.717) is 36.0 Å². The van der Waals surface area contributed by atoms with E-state index in [1.165, 1.54) is 4.90 Å². The van der Waals surface area contributed by atoms with Crippen molar-refractivity contribution >= 4 is 17.6 Å². The highest BCUT2D eigenvalue weighted by Gasteiger charge is 2.24. The number of rotatable bonds is 4. The molecule has 1 aliphatic rings. The number of amides is 3. The van der Waals surface area contributed by atoms with Gasteiger partial charge in [0.1, 0.15) is 6.04 Å². The lowest BCUT2D eigenvalue weighted by Gasteiger charge is -2.22. The van der Waals surface area contributed by atoms with E-state index in [2.05, 4.69) is 10.6 Å². The average molecular weight is 369 g/mol. The van der Waals surface area contributed by atoms with Gasteiger partial charge in [-0.15, -0.1) is 0 Å². The molecule has 2 N–H and O–H groups in total. The molecule has 1 aliphatic heterocycles. The molecule has 27 heavy (non-hydrogen) atoms. The Hall–Kier alpha value is -3.22. The van der Waals surface area contributed by atoms with Gasteiger partial charge < -0.3 is 25.0 Å². The highest BCUT2D eigenvalue weighted by molar-refractivity contribution is 5.94. The molecular formula is C20H23N3O4. The number of likely N-dealkylation sites (N-methyl/N-ethyl adjacent to an activating group) is 1. The van der Waals surface area contributed by atoms with Gasteiger partial charge >= 0.3 is 6.03 Å². The Balaban J connectivity index is 1.73. The fourth-order valence-corrected chi connectivity index (χ4v) is 2.73. The van der Waals surface area contributed by atoms with Crippen LogP contribution in [-0.4, -0.2) is 44.1 Å². The van der Waals surface area contributed by atoms with Crippen molar-refractivity contribution in [1.82, 2.24) is 10.2 Å². The molecule has 1 heterocycles. The SMILES string of the molecule is CN(C)C(=O)C(NC(=O)Nc1ccc2c(c1)OCCCO2)c1ccccc1. The third-order valence-electron chi connectivity index (χ3n) is 4.10. The van der Waals surface area contributed by atoms with E-state index in [-0.39, 0.29) is 5.91 Å². The topological polar surface area (TPSA) is 79.9 Å². The lowest BCUT2D eigenvalue weighted by atomic mass is 10.1. The number of fused-ring (bicyclic) bond motifs is 1. The zero-order chi connectivity index (χ0) is 19.2. The summed E-state index contributed by atoms with van der Waals surface area (Å²) in [6.45, 7) is 1.17. The van der Waals surface area contributed by atoms with Crippen LogP contribution in [0, 0.1) is 0 Å². The van der Waals surface area contributed by atoms with Crippen LogP contribution in [0.3, 0.4) is 0 Å². The normalized spacial score (nSPS) is 13.9. The first-order valence-electron chi connectivity index (χ1n) is 8.78. The number of hydrogen-bond donors (Lipinski definition) is 2. The summed E-state index contributed by atoms with van der Waals surface area (Å²) in [5, 5.41) is 5.49. The Morgan fingerprint density at radius 1 is 1.00 bits per heavy atom. The Morgan fingerprint density at radius 2 is 1.70 bits per heavy atom. The maximum absolute atomic E-state index is 12.5. The van der Waals surface area contributed by atoms with Crippen molar-refractivity contribution in [3.05, 3.63) is 54.1 Å². The van der Waals surface area contributed by atoms with Crippen molar-refractivity contribution in [3.63, 3.8) is 0 Å². The van der Waals surface area contributed by atoms with Crippen LogP contribution >= 0.6 is 0 Å². The smallest absolute Gasteiger partial charge is 0.320 e. The average Bonchev–Trinajstić information content (AvgIpc) is 2.91. The number of carbonyl (C=O) groups is 2. The standard InChI is InChI=1S/C20H23N3O4/c1-23(2)19(24)18(14-7-4-3-5-8-14)22-20(25)21-15-9-10-16-17(13-15)27-12-6-11-26-16/h3-5,7-10,13,18H,6,11-12H2,1-2H3,(H2,21,22,25). The van der Waals surface area contributed by atoms with Crippen LogP contribution in [0.2, 0.25) is 0 Å². The number of hydrogen-bond acceptors (Lipinski definition) is 4. The summed E-state index contributed by atoms with van der Waals surface area (Å²) in [4.78, 5) is 26.5. The van der Waals surface area contributed by atoms with Gasteiger partial charge in [-0.2, -0.15) is 0 Å². The van der Waals surface area contributed by atoms with E-state index in [1.807, 2.05) is 18.2 Å². The first-order chi connectivity index (χ1) is 13.0. The molecule has 0 fully saturated rings. The molecule has 2 aromatic rings. The number of nitrogens with zero attached hydrogens (tertiary/aromatic N) is 1. The quantitative estimate of drug-likeness (QED) is 0.869.